The van der Waals surface area contributed by atoms with Crippen molar-refractivity contribution in [3.8, 4) is 0 Å². The largest absolute Gasteiger partial charge is 0.522 e. The summed E-state index contributed by atoms with van der Waals surface area (Å²) in [5.41, 5.74) is 0. The van der Waals surface area contributed by atoms with Gasteiger partial charge in [0.15, 0.2) is 0 Å². The van der Waals surface area contributed by atoms with Gasteiger partial charge in [0.05, 0.1) is 6.10 Å². The van der Waals surface area contributed by atoms with Gasteiger partial charge >= 0.3 is 6.36 Å². The summed E-state index contributed by atoms with van der Waals surface area (Å²) in [5, 5.41) is 2.64. The van der Waals surface area contributed by atoms with Gasteiger partial charge in [-0.2, -0.15) is 0 Å². The van der Waals surface area contributed by atoms with E-state index in [9.17, 15) is 13.2 Å². The minimum atomic E-state index is -4.50. The third kappa shape index (κ3) is 2.53. The second-order valence-electron chi connectivity index (χ2n) is 2.03. The van der Waals surface area contributed by atoms with Crippen molar-refractivity contribution in [2.24, 2.45) is 0 Å². The molecular weight excluding hydrogens is 147 g/mol. The molecule has 0 aliphatic carbocycles. The summed E-state index contributed by atoms with van der Waals surface area (Å²) in [6.07, 6.45) is -4.91. The maximum absolute atomic E-state index is 11.4. The van der Waals surface area contributed by atoms with Crippen molar-refractivity contribution in [2.45, 2.75) is 18.9 Å². The molecule has 0 aromatic carbocycles. The number of alkyl halides is 3. The van der Waals surface area contributed by atoms with E-state index in [-0.39, 0.29) is 6.54 Å². The van der Waals surface area contributed by atoms with E-state index >= 15 is 0 Å². The number of hydrogen-bond donors (Lipinski definition) is 1. The Morgan fingerprint density at radius 2 is 2.20 bits per heavy atom. The quantitative estimate of drug-likeness (QED) is 0.609. The average Bonchev–Trinajstić information content (AvgIpc) is 2.12. The maximum atomic E-state index is 11.4. The van der Waals surface area contributed by atoms with Crippen molar-refractivity contribution in [2.75, 3.05) is 6.54 Å². The second-order valence-corrected chi connectivity index (χ2v) is 2.03. The van der Waals surface area contributed by atoms with Crippen LogP contribution in [0.4, 0.5) is 13.2 Å². The van der Waals surface area contributed by atoms with E-state index in [1.165, 1.54) is 0 Å². The Morgan fingerprint density at radius 3 is 2.60 bits per heavy atom. The zero-order valence-corrected chi connectivity index (χ0v) is 5.11. The molecule has 1 aliphatic rings. The molecule has 1 N–H and O–H groups in total. The van der Waals surface area contributed by atoms with Crippen LogP contribution in [-0.4, -0.2) is 19.0 Å². The van der Waals surface area contributed by atoms with Crippen LogP contribution in [0.1, 0.15) is 6.42 Å². The molecule has 0 aromatic heterocycles. The predicted molar refractivity (Wildman–Crippen MR) is 27.8 cm³/mol. The van der Waals surface area contributed by atoms with E-state index in [0.29, 0.717) is 6.42 Å². The van der Waals surface area contributed by atoms with Crippen LogP contribution >= 0.6 is 0 Å². The van der Waals surface area contributed by atoms with Gasteiger partial charge in [-0.3, -0.25) is 4.74 Å². The smallest absolute Gasteiger partial charge is 0.310 e. The molecule has 1 radical (unpaired) electrons. The standard InChI is InChI=1S/C5H7F3NO/c6-5(7,8)10-4-1-2-9-3-4/h2,4,9H,1,3H2. The molecule has 5 heteroatoms. The Labute approximate surface area is 56.4 Å². The third-order valence-electron chi connectivity index (χ3n) is 1.17. The van der Waals surface area contributed by atoms with Crippen LogP contribution < -0.4 is 5.32 Å². The van der Waals surface area contributed by atoms with E-state index in [2.05, 4.69) is 10.1 Å². The predicted octanol–water partition coefficient (Wildman–Crippen LogP) is 1.05. The first-order valence-corrected chi connectivity index (χ1v) is 2.87. The van der Waals surface area contributed by atoms with Crippen molar-refractivity contribution in [3.05, 3.63) is 6.54 Å². The molecule has 1 heterocycles. The Balaban J connectivity index is 2.24. The molecule has 1 aliphatic heterocycles. The highest BCUT2D eigenvalue weighted by atomic mass is 19.4. The fraction of sp³-hybridized carbons (Fsp3) is 0.800. The van der Waals surface area contributed by atoms with E-state index in [1.54, 1.807) is 6.54 Å². The molecule has 2 nitrogen and oxygen atoms in total. The molecule has 1 saturated heterocycles. The first kappa shape index (κ1) is 7.81. The molecule has 1 rings (SSSR count). The molecule has 59 valence electrons. The lowest BCUT2D eigenvalue weighted by molar-refractivity contribution is -0.339. The molecule has 0 bridgehead atoms. The lowest BCUT2D eigenvalue weighted by Gasteiger charge is -2.11. The first-order valence-electron chi connectivity index (χ1n) is 2.87. The first-order chi connectivity index (χ1) is 4.58. The number of halogens is 3. The minimum Gasteiger partial charge on any atom is -0.310 e. The minimum absolute atomic E-state index is 0.250. The maximum Gasteiger partial charge on any atom is 0.522 e. The summed E-state index contributed by atoms with van der Waals surface area (Å²) in [7, 11) is 0. The van der Waals surface area contributed by atoms with Gasteiger partial charge in [-0.1, -0.05) is 0 Å². The molecule has 1 fully saturated rings. The highest BCUT2D eigenvalue weighted by Crippen LogP contribution is 2.21. The second kappa shape index (κ2) is 2.75. The van der Waals surface area contributed by atoms with Crippen molar-refractivity contribution < 1.29 is 17.9 Å². The van der Waals surface area contributed by atoms with E-state index in [1.807, 2.05) is 0 Å². The van der Waals surface area contributed by atoms with Crippen LogP contribution in [-0.2, 0) is 4.74 Å². The topological polar surface area (TPSA) is 21.3 Å². The molecule has 0 aromatic rings. The molecule has 0 saturated carbocycles. The molecule has 1 atom stereocenters. The van der Waals surface area contributed by atoms with Crippen LogP contribution in [0.15, 0.2) is 0 Å². The molecule has 0 amide bonds. The SMILES string of the molecule is FC(F)(F)OC1C[CH]NC1. The highest BCUT2D eigenvalue weighted by Gasteiger charge is 2.34. The van der Waals surface area contributed by atoms with Crippen molar-refractivity contribution in [1.82, 2.24) is 5.32 Å². The van der Waals surface area contributed by atoms with Gasteiger partial charge in [0.1, 0.15) is 0 Å². The van der Waals surface area contributed by atoms with Gasteiger partial charge in [-0.15, -0.1) is 13.2 Å². The Morgan fingerprint density at radius 1 is 1.50 bits per heavy atom. The average molecular weight is 154 g/mol. The highest BCUT2D eigenvalue weighted by molar-refractivity contribution is 4.80. The molecule has 10 heavy (non-hydrogen) atoms. The van der Waals surface area contributed by atoms with Crippen molar-refractivity contribution in [3.63, 3.8) is 0 Å². The van der Waals surface area contributed by atoms with E-state index in [0.717, 1.165) is 0 Å². The number of nitrogens with one attached hydrogen (secondary N) is 1. The zero-order chi connectivity index (χ0) is 7.61. The van der Waals surface area contributed by atoms with Crippen molar-refractivity contribution >= 4 is 0 Å². The fourth-order valence-corrected chi connectivity index (χ4v) is 0.792. The summed E-state index contributed by atoms with van der Waals surface area (Å²) < 4.78 is 38.0. The Bertz CT molecular complexity index is 108. The number of rotatable bonds is 1. The van der Waals surface area contributed by atoms with Crippen LogP contribution in [0, 0.1) is 6.54 Å². The van der Waals surface area contributed by atoms with Gasteiger partial charge in [-0.05, 0) is 6.42 Å². The number of ether oxygens (including phenoxy) is 1. The normalized spacial score (nSPS) is 27.3. The summed E-state index contributed by atoms with van der Waals surface area (Å²) in [6.45, 7) is 1.82. The Kier molecular flexibility index (Phi) is 2.15. The summed E-state index contributed by atoms with van der Waals surface area (Å²) in [5.74, 6) is 0. The Hall–Kier alpha value is -0.290. The summed E-state index contributed by atoms with van der Waals surface area (Å²) >= 11 is 0. The van der Waals surface area contributed by atoms with Gasteiger partial charge in [-0.25, -0.2) is 0 Å². The monoisotopic (exact) mass is 154 g/mol. The molecule has 1 unspecified atom stereocenters. The van der Waals surface area contributed by atoms with Gasteiger partial charge in [0.25, 0.3) is 0 Å². The molecule has 0 spiro atoms. The van der Waals surface area contributed by atoms with Crippen LogP contribution in [0.5, 0.6) is 0 Å². The van der Waals surface area contributed by atoms with Gasteiger partial charge in [0.2, 0.25) is 0 Å². The lowest BCUT2D eigenvalue weighted by Crippen LogP contribution is -2.25. The van der Waals surface area contributed by atoms with E-state index in [4.69, 9.17) is 0 Å². The summed E-state index contributed by atoms with van der Waals surface area (Å²) in [4.78, 5) is 0. The third-order valence-corrected chi connectivity index (χ3v) is 1.17. The zero-order valence-electron chi connectivity index (χ0n) is 5.11. The van der Waals surface area contributed by atoms with Gasteiger partial charge in [0, 0.05) is 13.1 Å². The lowest BCUT2D eigenvalue weighted by atomic mass is 10.3. The van der Waals surface area contributed by atoms with E-state index < -0.39 is 12.5 Å². The fourth-order valence-electron chi connectivity index (χ4n) is 0.792. The summed E-state index contributed by atoms with van der Waals surface area (Å²) in [6, 6.07) is 0. The molecular formula is C5H7F3NO. The van der Waals surface area contributed by atoms with Crippen LogP contribution in [0.25, 0.3) is 0 Å². The number of hydrogen-bond acceptors (Lipinski definition) is 2. The van der Waals surface area contributed by atoms with Crippen LogP contribution in [0.2, 0.25) is 0 Å². The van der Waals surface area contributed by atoms with Gasteiger partial charge < -0.3 is 5.32 Å². The van der Waals surface area contributed by atoms with Crippen molar-refractivity contribution in [1.29, 1.82) is 0 Å². The van der Waals surface area contributed by atoms with Crippen LogP contribution in [0.3, 0.4) is 0 Å².